The Morgan fingerprint density at radius 3 is 2.32 bits per heavy atom. The number of carbonyl (C=O) groups is 2. The number of nitrogens with one attached hydrogen (secondary N) is 1. The number of fused-ring (bicyclic) bond motifs is 1. The Bertz CT molecular complexity index is 1020. The third-order valence-corrected chi connectivity index (χ3v) is 3.92. The first-order valence-corrected chi connectivity index (χ1v) is 7.83. The van der Waals surface area contributed by atoms with Gasteiger partial charge in [-0.2, -0.15) is 5.10 Å². The first kappa shape index (κ1) is 16.6. The van der Waals surface area contributed by atoms with Crippen molar-refractivity contribution in [1.29, 1.82) is 0 Å². The Labute approximate surface area is 144 Å². The van der Waals surface area contributed by atoms with Crippen molar-refractivity contribution < 1.29 is 9.59 Å². The topological polar surface area (TPSA) is 81.1 Å². The molecule has 1 aromatic heterocycles. The van der Waals surface area contributed by atoms with E-state index in [-0.39, 0.29) is 23.8 Å². The minimum Gasteiger partial charge on any atom is -0.324 e. The molecule has 0 radical (unpaired) electrons. The van der Waals surface area contributed by atoms with Crippen LogP contribution in [0.25, 0.3) is 10.8 Å². The van der Waals surface area contributed by atoms with E-state index in [1.807, 2.05) is 12.1 Å². The maximum absolute atomic E-state index is 12.5. The molecule has 0 atom stereocenters. The fourth-order valence-corrected chi connectivity index (χ4v) is 2.64. The second-order valence-electron chi connectivity index (χ2n) is 5.78. The highest BCUT2D eigenvalue weighted by atomic mass is 16.2. The standard InChI is InChI=1S/C19H17N3O3/c1-12-16-5-3-4-6-17(16)19(25)22(21-12)11-18(24)20-15-9-7-14(8-10-15)13(2)23/h3-10H,11H2,1-2H3,(H,20,24). The van der Waals surface area contributed by atoms with Gasteiger partial charge in [0, 0.05) is 16.6 Å². The molecule has 0 unspecified atom stereocenters. The lowest BCUT2D eigenvalue weighted by Gasteiger charge is -2.09. The summed E-state index contributed by atoms with van der Waals surface area (Å²) in [5, 5.41) is 8.24. The van der Waals surface area contributed by atoms with Crippen LogP contribution < -0.4 is 10.9 Å². The molecule has 0 saturated heterocycles. The highest BCUT2D eigenvalue weighted by molar-refractivity contribution is 5.95. The Morgan fingerprint density at radius 1 is 1.04 bits per heavy atom. The summed E-state index contributed by atoms with van der Waals surface area (Å²) in [4.78, 5) is 36.0. The summed E-state index contributed by atoms with van der Waals surface area (Å²) in [6.07, 6.45) is 0. The fourth-order valence-electron chi connectivity index (χ4n) is 2.64. The van der Waals surface area contributed by atoms with E-state index in [0.29, 0.717) is 22.3 Å². The molecular weight excluding hydrogens is 318 g/mol. The van der Waals surface area contributed by atoms with Gasteiger partial charge < -0.3 is 5.32 Å². The second-order valence-corrected chi connectivity index (χ2v) is 5.78. The molecule has 3 aromatic rings. The van der Waals surface area contributed by atoms with Crippen molar-refractivity contribution in [2.75, 3.05) is 5.32 Å². The maximum atomic E-state index is 12.5. The van der Waals surface area contributed by atoms with Crippen LogP contribution in [0.2, 0.25) is 0 Å². The van der Waals surface area contributed by atoms with Gasteiger partial charge in [-0.3, -0.25) is 14.4 Å². The molecule has 0 saturated carbocycles. The molecule has 6 heteroatoms. The van der Waals surface area contributed by atoms with Crippen LogP contribution in [0.15, 0.2) is 53.3 Å². The minimum absolute atomic E-state index is 0.0414. The van der Waals surface area contributed by atoms with Crippen LogP contribution >= 0.6 is 0 Å². The van der Waals surface area contributed by atoms with Gasteiger partial charge in [-0.25, -0.2) is 4.68 Å². The molecule has 0 spiro atoms. The molecule has 3 rings (SSSR count). The van der Waals surface area contributed by atoms with Crippen LogP contribution in [-0.4, -0.2) is 21.5 Å². The van der Waals surface area contributed by atoms with Crippen LogP contribution in [0.4, 0.5) is 5.69 Å². The summed E-state index contributed by atoms with van der Waals surface area (Å²) in [5.41, 5.74) is 1.51. The van der Waals surface area contributed by atoms with Crippen molar-refractivity contribution in [3.8, 4) is 0 Å². The summed E-state index contributed by atoms with van der Waals surface area (Å²) in [6.45, 7) is 3.10. The lowest BCUT2D eigenvalue weighted by molar-refractivity contribution is -0.117. The summed E-state index contributed by atoms with van der Waals surface area (Å²) < 4.78 is 1.16. The SMILES string of the molecule is CC(=O)c1ccc(NC(=O)Cn2nc(C)c3ccccc3c2=O)cc1. The number of amides is 1. The Kier molecular flexibility index (Phi) is 4.43. The predicted molar refractivity (Wildman–Crippen MR) is 95.8 cm³/mol. The fraction of sp³-hybridized carbons (Fsp3) is 0.158. The lowest BCUT2D eigenvalue weighted by atomic mass is 10.1. The molecular formula is C19H17N3O3. The van der Waals surface area contributed by atoms with Gasteiger partial charge in [0.1, 0.15) is 6.54 Å². The average Bonchev–Trinajstić information content (AvgIpc) is 2.60. The van der Waals surface area contributed by atoms with Gasteiger partial charge in [0.15, 0.2) is 5.78 Å². The minimum atomic E-state index is -0.361. The molecule has 0 fully saturated rings. The molecule has 1 N–H and O–H groups in total. The molecule has 0 bridgehead atoms. The predicted octanol–water partition coefficient (Wildman–Crippen LogP) is 2.55. The molecule has 25 heavy (non-hydrogen) atoms. The highest BCUT2D eigenvalue weighted by Gasteiger charge is 2.11. The largest absolute Gasteiger partial charge is 0.324 e. The molecule has 1 heterocycles. The molecule has 0 aliphatic carbocycles. The van der Waals surface area contributed by atoms with Crippen LogP contribution in [0, 0.1) is 6.92 Å². The smallest absolute Gasteiger partial charge is 0.275 e. The zero-order chi connectivity index (χ0) is 18.0. The number of ketones is 1. The van der Waals surface area contributed by atoms with Crippen molar-refractivity contribution in [2.45, 2.75) is 20.4 Å². The van der Waals surface area contributed by atoms with Gasteiger partial charge in [-0.15, -0.1) is 0 Å². The molecule has 0 aliphatic rings. The van der Waals surface area contributed by atoms with Gasteiger partial charge in [0.25, 0.3) is 5.56 Å². The van der Waals surface area contributed by atoms with Crippen LogP contribution in [0.3, 0.4) is 0 Å². The Hall–Kier alpha value is -3.28. The second kappa shape index (κ2) is 6.68. The number of benzene rings is 2. The first-order chi connectivity index (χ1) is 12.0. The van der Waals surface area contributed by atoms with E-state index in [9.17, 15) is 14.4 Å². The van der Waals surface area contributed by atoms with Crippen molar-refractivity contribution in [3.05, 3.63) is 70.1 Å². The van der Waals surface area contributed by atoms with Crippen LogP contribution in [-0.2, 0) is 11.3 Å². The lowest BCUT2D eigenvalue weighted by Crippen LogP contribution is -2.30. The van der Waals surface area contributed by atoms with Crippen molar-refractivity contribution in [1.82, 2.24) is 9.78 Å². The number of aryl methyl sites for hydroxylation is 1. The average molecular weight is 335 g/mol. The van der Waals surface area contributed by atoms with Crippen LogP contribution in [0.1, 0.15) is 23.0 Å². The van der Waals surface area contributed by atoms with Gasteiger partial charge in [0.2, 0.25) is 5.91 Å². The zero-order valence-corrected chi connectivity index (χ0v) is 13.9. The van der Waals surface area contributed by atoms with E-state index >= 15 is 0 Å². The number of Topliss-reactive ketones (excluding diaryl/α,β-unsaturated/α-hetero) is 1. The van der Waals surface area contributed by atoms with E-state index in [1.165, 1.54) is 6.92 Å². The highest BCUT2D eigenvalue weighted by Crippen LogP contribution is 2.12. The van der Waals surface area contributed by atoms with Crippen LogP contribution in [0.5, 0.6) is 0 Å². The summed E-state index contributed by atoms with van der Waals surface area (Å²) in [5.74, 6) is -0.403. The van der Waals surface area contributed by atoms with Crippen molar-refractivity contribution in [2.24, 2.45) is 0 Å². The molecule has 126 valence electrons. The summed E-state index contributed by atoms with van der Waals surface area (Å²) in [7, 11) is 0. The Morgan fingerprint density at radius 2 is 1.68 bits per heavy atom. The van der Waals surface area contributed by atoms with Crippen molar-refractivity contribution in [3.63, 3.8) is 0 Å². The van der Waals surface area contributed by atoms with E-state index in [4.69, 9.17) is 0 Å². The molecule has 6 nitrogen and oxygen atoms in total. The van der Waals surface area contributed by atoms with Gasteiger partial charge >= 0.3 is 0 Å². The molecule has 0 aliphatic heterocycles. The molecule has 2 aromatic carbocycles. The number of aromatic nitrogens is 2. The summed E-state index contributed by atoms with van der Waals surface area (Å²) in [6, 6.07) is 13.8. The van der Waals surface area contributed by atoms with Crippen molar-refractivity contribution >= 4 is 28.2 Å². The number of hydrogen-bond acceptors (Lipinski definition) is 4. The zero-order valence-electron chi connectivity index (χ0n) is 13.9. The normalized spacial score (nSPS) is 10.6. The third-order valence-electron chi connectivity index (χ3n) is 3.92. The van der Waals surface area contributed by atoms with Gasteiger partial charge in [-0.05, 0) is 44.2 Å². The summed E-state index contributed by atoms with van der Waals surface area (Å²) >= 11 is 0. The first-order valence-electron chi connectivity index (χ1n) is 7.83. The maximum Gasteiger partial charge on any atom is 0.275 e. The van der Waals surface area contributed by atoms with Gasteiger partial charge in [0.05, 0.1) is 11.1 Å². The van der Waals surface area contributed by atoms with E-state index in [1.54, 1.807) is 43.3 Å². The van der Waals surface area contributed by atoms with E-state index < -0.39 is 0 Å². The van der Waals surface area contributed by atoms with Gasteiger partial charge in [-0.1, -0.05) is 18.2 Å². The number of carbonyl (C=O) groups excluding carboxylic acids is 2. The molecule has 1 amide bonds. The van der Waals surface area contributed by atoms with E-state index in [2.05, 4.69) is 10.4 Å². The number of hydrogen-bond donors (Lipinski definition) is 1. The number of rotatable bonds is 4. The van der Waals surface area contributed by atoms with E-state index in [0.717, 1.165) is 10.1 Å². The third kappa shape index (κ3) is 3.47. The quantitative estimate of drug-likeness (QED) is 0.743. The number of anilines is 1. The number of nitrogens with zero attached hydrogens (tertiary/aromatic N) is 2. The monoisotopic (exact) mass is 335 g/mol. The Balaban J connectivity index is 1.81.